The minimum Gasteiger partial charge on any atom is -0.357 e. The minimum absolute atomic E-state index is 0.580. The first-order valence-electron chi connectivity index (χ1n) is 6.61. The van der Waals surface area contributed by atoms with Gasteiger partial charge in [-0.15, -0.1) is 0 Å². The van der Waals surface area contributed by atoms with Crippen molar-refractivity contribution >= 4 is 11.9 Å². The Labute approximate surface area is 120 Å². The van der Waals surface area contributed by atoms with Gasteiger partial charge < -0.3 is 10.2 Å². The van der Waals surface area contributed by atoms with Crippen molar-refractivity contribution < 1.29 is 0 Å². The molecule has 106 valence electrons. The largest absolute Gasteiger partial charge is 0.357 e. The van der Waals surface area contributed by atoms with Crippen molar-refractivity contribution in [2.75, 3.05) is 31.4 Å². The van der Waals surface area contributed by atoms with Crippen molar-refractivity contribution in [2.24, 2.45) is 0 Å². The zero-order valence-corrected chi connectivity index (χ0v) is 12.9. The van der Waals surface area contributed by atoms with Crippen LogP contribution >= 0.6 is 0 Å². The zero-order chi connectivity index (χ0) is 14.9. The van der Waals surface area contributed by atoms with Crippen LogP contribution in [0.3, 0.4) is 0 Å². The Kier molecular flexibility index (Phi) is 3.88. The van der Waals surface area contributed by atoms with Crippen LogP contribution in [0.4, 0.5) is 11.9 Å². The molecule has 2 aromatic rings. The van der Waals surface area contributed by atoms with Gasteiger partial charge in [0, 0.05) is 26.7 Å². The number of rotatable bonds is 3. The third-order valence-corrected chi connectivity index (χ3v) is 3.33. The molecule has 0 atom stereocenters. The zero-order valence-electron chi connectivity index (χ0n) is 12.9. The molecule has 0 saturated carbocycles. The molecule has 0 aliphatic heterocycles. The Morgan fingerprint density at radius 3 is 2.15 bits per heavy atom. The van der Waals surface area contributed by atoms with Crippen LogP contribution < -0.4 is 10.2 Å². The van der Waals surface area contributed by atoms with Crippen LogP contribution in [0.2, 0.25) is 0 Å². The van der Waals surface area contributed by atoms with Gasteiger partial charge in [-0.25, -0.2) is 0 Å². The first-order valence-corrected chi connectivity index (χ1v) is 6.61. The number of hydrogen-bond acceptors (Lipinski definition) is 5. The molecule has 0 aliphatic rings. The predicted molar refractivity (Wildman–Crippen MR) is 83.3 cm³/mol. The molecule has 1 heterocycles. The quantitative estimate of drug-likeness (QED) is 0.930. The summed E-state index contributed by atoms with van der Waals surface area (Å²) < 4.78 is 0. The van der Waals surface area contributed by atoms with E-state index in [1.165, 1.54) is 16.7 Å². The second-order valence-electron chi connectivity index (χ2n) is 5.18. The average Bonchev–Trinajstić information content (AvgIpc) is 2.42. The Morgan fingerprint density at radius 2 is 1.55 bits per heavy atom. The lowest BCUT2D eigenvalue weighted by molar-refractivity contribution is 0.962. The Hall–Kier alpha value is -2.17. The monoisotopic (exact) mass is 271 g/mol. The number of nitrogens with zero attached hydrogens (tertiary/aromatic N) is 4. The summed E-state index contributed by atoms with van der Waals surface area (Å²) in [5, 5.41) is 2.99. The van der Waals surface area contributed by atoms with E-state index >= 15 is 0 Å². The summed E-state index contributed by atoms with van der Waals surface area (Å²) in [7, 11) is 5.66. The molecule has 1 N–H and O–H groups in total. The highest BCUT2D eigenvalue weighted by atomic mass is 15.3. The van der Waals surface area contributed by atoms with E-state index in [9.17, 15) is 0 Å². The number of anilines is 2. The molecule has 0 radical (unpaired) electrons. The SMILES string of the molecule is CNc1nc(-c2cc(C)c(C)cc2C)nc(N(C)C)n1. The maximum Gasteiger partial charge on any atom is 0.230 e. The second kappa shape index (κ2) is 5.45. The van der Waals surface area contributed by atoms with E-state index in [1.807, 2.05) is 26.0 Å². The lowest BCUT2D eigenvalue weighted by atomic mass is 10.0. The van der Waals surface area contributed by atoms with Crippen molar-refractivity contribution in [3.63, 3.8) is 0 Å². The van der Waals surface area contributed by atoms with Crippen molar-refractivity contribution in [3.05, 3.63) is 28.8 Å². The number of aryl methyl sites for hydroxylation is 3. The van der Waals surface area contributed by atoms with E-state index in [0.717, 1.165) is 5.56 Å². The number of benzene rings is 1. The Bertz CT molecular complexity index is 634. The van der Waals surface area contributed by atoms with Gasteiger partial charge in [0.1, 0.15) is 0 Å². The molecule has 5 nitrogen and oxygen atoms in total. The molecule has 1 aromatic heterocycles. The summed E-state index contributed by atoms with van der Waals surface area (Å²) in [6.45, 7) is 6.30. The maximum atomic E-state index is 4.55. The van der Waals surface area contributed by atoms with Gasteiger partial charge in [-0.3, -0.25) is 0 Å². The topological polar surface area (TPSA) is 53.9 Å². The highest BCUT2D eigenvalue weighted by molar-refractivity contribution is 5.64. The highest BCUT2D eigenvalue weighted by Crippen LogP contribution is 2.25. The fraction of sp³-hybridized carbons (Fsp3) is 0.400. The van der Waals surface area contributed by atoms with Gasteiger partial charge in [0.15, 0.2) is 5.82 Å². The normalized spacial score (nSPS) is 10.5. The van der Waals surface area contributed by atoms with Gasteiger partial charge in [-0.2, -0.15) is 15.0 Å². The molecule has 1 aromatic carbocycles. The number of aromatic nitrogens is 3. The van der Waals surface area contributed by atoms with Gasteiger partial charge in [0.2, 0.25) is 11.9 Å². The third kappa shape index (κ3) is 2.71. The van der Waals surface area contributed by atoms with Crippen LogP contribution in [0.5, 0.6) is 0 Å². The molecule has 0 aliphatic carbocycles. The fourth-order valence-electron chi connectivity index (χ4n) is 2.00. The van der Waals surface area contributed by atoms with Crippen LogP contribution in [-0.2, 0) is 0 Å². The Morgan fingerprint density at radius 1 is 0.900 bits per heavy atom. The molecule has 0 unspecified atom stereocenters. The first-order chi connectivity index (χ1) is 9.42. The second-order valence-corrected chi connectivity index (χ2v) is 5.18. The molecule has 5 heteroatoms. The summed E-state index contributed by atoms with van der Waals surface area (Å²) in [5.74, 6) is 1.93. The van der Waals surface area contributed by atoms with Crippen LogP contribution in [0.25, 0.3) is 11.4 Å². The van der Waals surface area contributed by atoms with E-state index in [-0.39, 0.29) is 0 Å². The molecule has 0 amide bonds. The highest BCUT2D eigenvalue weighted by Gasteiger charge is 2.12. The van der Waals surface area contributed by atoms with Gasteiger partial charge in [-0.05, 0) is 43.5 Å². The van der Waals surface area contributed by atoms with E-state index in [4.69, 9.17) is 0 Å². The van der Waals surface area contributed by atoms with Crippen molar-refractivity contribution in [1.29, 1.82) is 0 Å². The standard InChI is InChI=1S/C15H21N5/c1-9-7-11(3)12(8-10(9)2)13-17-14(16-4)19-15(18-13)20(5)6/h7-8H,1-6H3,(H,16,17,18,19). The molecular formula is C15H21N5. The van der Waals surface area contributed by atoms with E-state index in [2.05, 4.69) is 53.2 Å². The first kappa shape index (κ1) is 14.2. The minimum atomic E-state index is 0.580. The van der Waals surface area contributed by atoms with Crippen molar-refractivity contribution in [1.82, 2.24) is 15.0 Å². The van der Waals surface area contributed by atoms with Gasteiger partial charge in [0.05, 0.1) is 0 Å². The van der Waals surface area contributed by atoms with E-state index < -0.39 is 0 Å². The molecule has 0 fully saturated rings. The molecule has 0 bridgehead atoms. The van der Waals surface area contributed by atoms with Crippen LogP contribution in [-0.4, -0.2) is 36.1 Å². The van der Waals surface area contributed by atoms with Gasteiger partial charge in [-0.1, -0.05) is 6.07 Å². The fourth-order valence-corrected chi connectivity index (χ4v) is 2.00. The van der Waals surface area contributed by atoms with E-state index in [0.29, 0.717) is 17.7 Å². The van der Waals surface area contributed by atoms with Gasteiger partial charge in [0.25, 0.3) is 0 Å². The molecule has 20 heavy (non-hydrogen) atoms. The summed E-state index contributed by atoms with van der Waals surface area (Å²) in [5.41, 5.74) is 4.74. The summed E-state index contributed by atoms with van der Waals surface area (Å²) in [6.07, 6.45) is 0. The molecule has 0 spiro atoms. The molecular weight excluding hydrogens is 250 g/mol. The van der Waals surface area contributed by atoms with Crippen LogP contribution in [0, 0.1) is 20.8 Å². The van der Waals surface area contributed by atoms with Crippen LogP contribution in [0.1, 0.15) is 16.7 Å². The summed E-state index contributed by atoms with van der Waals surface area (Å²) in [4.78, 5) is 15.2. The smallest absolute Gasteiger partial charge is 0.230 e. The van der Waals surface area contributed by atoms with Crippen LogP contribution in [0.15, 0.2) is 12.1 Å². The van der Waals surface area contributed by atoms with Crippen molar-refractivity contribution in [3.8, 4) is 11.4 Å². The Balaban J connectivity index is 2.62. The third-order valence-electron chi connectivity index (χ3n) is 3.33. The summed E-state index contributed by atoms with van der Waals surface area (Å²) >= 11 is 0. The average molecular weight is 271 g/mol. The number of nitrogens with one attached hydrogen (secondary N) is 1. The molecule has 0 saturated heterocycles. The van der Waals surface area contributed by atoms with E-state index in [1.54, 1.807) is 0 Å². The maximum absolute atomic E-state index is 4.55. The lowest BCUT2D eigenvalue weighted by Gasteiger charge is -2.14. The predicted octanol–water partition coefficient (Wildman–Crippen LogP) is 2.57. The van der Waals surface area contributed by atoms with Crippen molar-refractivity contribution in [2.45, 2.75) is 20.8 Å². The summed E-state index contributed by atoms with van der Waals surface area (Å²) in [6, 6.07) is 4.31. The van der Waals surface area contributed by atoms with Gasteiger partial charge >= 0.3 is 0 Å². The number of hydrogen-bond donors (Lipinski definition) is 1. The lowest BCUT2D eigenvalue weighted by Crippen LogP contribution is -2.15. The molecule has 2 rings (SSSR count).